The Balaban J connectivity index is 0.000000228. The highest BCUT2D eigenvalue weighted by atomic mass is 79.9. The number of carbonyl (C=O) groups is 1. The Hall–Kier alpha value is -2.79. The summed E-state index contributed by atoms with van der Waals surface area (Å²) in [6.45, 7) is 4.00. The number of nitrogens with two attached hydrogens (primary N) is 2. The smallest absolute Gasteiger partial charge is 0.335 e. The molecule has 0 aliphatic rings. The molecule has 134 valence electrons. The maximum atomic E-state index is 10.7. The summed E-state index contributed by atoms with van der Waals surface area (Å²) >= 11 is 3.37. The predicted molar refractivity (Wildman–Crippen MR) is 111 cm³/mol. The lowest BCUT2D eigenvalue weighted by Gasteiger charge is -2.07. The average molecular weight is 413 g/mol. The summed E-state index contributed by atoms with van der Waals surface area (Å²) in [6, 6.07) is 18.3. The monoisotopic (exact) mass is 412 g/mol. The maximum absolute atomic E-state index is 10.7. The molecule has 0 aliphatic heterocycles. The van der Waals surface area contributed by atoms with Crippen LogP contribution in [0, 0.1) is 13.8 Å². The Morgan fingerprint density at radius 3 is 1.85 bits per heavy atom. The number of rotatable bonds is 2. The van der Waals surface area contributed by atoms with Gasteiger partial charge in [-0.15, -0.1) is 0 Å². The molecule has 0 saturated heterocycles. The van der Waals surface area contributed by atoms with Crippen molar-refractivity contribution in [3.05, 3.63) is 81.8 Å². The normalized spacial score (nSPS) is 9.96. The molecule has 5 heteroatoms. The molecule has 3 aromatic rings. The highest BCUT2D eigenvalue weighted by Gasteiger charge is 2.05. The van der Waals surface area contributed by atoms with Gasteiger partial charge in [0.25, 0.3) is 0 Å². The number of nitrogen functional groups attached to an aromatic ring is 2. The van der Waals surface area contributed by atoms with Crippen molar-refractivity contribution in [2.45, 2.75) is 13.8 Å². The van der Waals surface area contributed by atoms with E-state index in [4.69, 9.17) is 16.6 Å². The fourth-order valence-corrected chi connectivity index (χ4v) is 2.72. The molecule has 3 rings (SSSR count). The molecule has 0 spiro atoms. The van der Waals surface area contributed by atoms with Gasteiger partial charge in [0.2, 0.25) is 0 Å². The van der Waals surface area contributed by atoms with Crippen LogP contribution in [0.25, 0.3) is 11.1 Å². The molecule has 4 nitrogen and oxygen atoms in total. The molecule has 0 unspecified atom stereocenters. The first kappa shape index (κ1) is 19.5. The van der Waals surface area contributed by atoms with Crippen LogP contribution >= 0.6 is 15.9 Å². The van der Waals surface area contributed by atoms with Crippen molar-refractivity contribution in [1.29, 1.82) is 0 Å². The maximum Gasteiger partial charge on any atom is 0.335 e. The number of carboxylic acid groups (broad SMARTS) is 1. The topological polar surface area (TPSA) is 89.3 Å². The lowest BCUT2D eigenvalue weighted by Crippen LogP contribution is -1.95. The molecule has 5 N–H and O–H groups in total. The van der Waals surface area contributed by atoms with Gasteiger partial charge in [-0.05, 0) is 78.6 Å². The summed E-state index contributed by atoms with van der Waals surface area (Å²) in [5, 5.41) is 8.82. The number of halogens is 1. The minimum Gasteiger partial charge on any atom is -0.478 e. The fourth-order valence-electron chi connectivity index (χ4n) is 2.47. The van der Waals surface area contributed by atoms with Crippen LogP contribution < -0.4 is 11.5 Å². The summed E-state index contributed by atoms with van der Waals surface area (Å²) < 4.78 is 1.11. The van der Waals surface area contributed by atoms with E-state index in [0.29, 0.717) is 5.56 Å². The first-order valence-corrected chi connectivity index (χ1v) is 8.78. The van der Waals surface area contributed by atoms with Crippen LogP contribution in [0.15, 0.2) is 65.1 Å². The van der Waals surface area contributed by atoms with Crippen molar-refractivity contribution >= 4 is 33.3 Å². The van der Waals surface area contributed by atoms with Gasteiger partial charge >= 0.3 is 5.97 Å². The Bertz CT molecular complexity index is 922. The average Bonchev–Trinajstić information content (AvgIpc) is 2.59. The van der Waals surface area contributed by atoms with Crippen LogP contribution in [0.1, 0.15) is 21.5 Å². The minimum absolute atomic E-state index is 0.293. The van der Waals surface area contributed by atoms with Crippen LogP contribution in [0.5, 0.6) is 0 Å². The van der Waals surface area contributed by atoms with Crippen LogP contribution in [-0.4, -0.2) is 11.1 Å². The summed E-state index contributed by atoms with van der Waals surface area (Å²) in [6.07, 6.45) is 0. The summed E-state index contributed by atoms with van der Waals surface area (Å²) in [5.41, 5.74) is 17.3. The van der Waals surface area contributed by atoms with Gasteiger partial charge in [-0.3, -0.25) is 0 Å². The number of hydrogen-bond donors (Lipinski definition) is 3. The number of aromatic carboxylic acids is 1. The van der Waals surface area contributed by atoms with Crippen molar-refractivity contribution in [1.82, 2.24) is 0 Å². The Kier molecular flexibility index (Phi) is 6.41. The van der Waals surface area contributed by atoms with E-state index in [0.717, 1.165) is 32.5 Å². The summed E-state index contributed by atoms with van der Waals surface area (Å²) in [7, 11) is 0. The van der Waals surface area contributed by atoms with E-state index in [1.807, 2.05) is 62.4 Å². The van der Waals surface area contributed by atoms with Crippen LogP contribution in [-0.2, 0) is 0 Å². The molecule has 0 atom stereocenters. The number of anilines is 2. The second-order valence-corrected chi connectivity index (χ2v) is 6.82. The van der Waals surface area contributed by atoms with Crippen molar-refractivity contribution in [3.63, 3.8) is 0 Å². The SMILES string of the molecule is Cc1cc(N)ccc1-c1ccc(C(=O)O)cc1.Cc1cc(N)ccc1Br. The Labute approximate surface area is 161 Å². The van der Waals surface area contributed by atoms with Crippen molar-refractivity contribution in [2.75, 3.05) is 11.5 Å². The van der Waals surface area contributed by atoms with Crippen LogP contribution in [0.2, 0.25) is 0 Å². The summed E-state index contributed by atoms with van der Waals surface area (Å²) in [4.78, 5) is 10.7. The second kappa shape index (κ2) is 8.54. The van der Waals surface area contributed by atoms with E-state index in [-0.39, 0.29) is 0 Å². The van der Waals surface area contributed by atoms with E-state index in [9.17, 15) is 4.79 Å². The molecule has 26 heavy (non-hydrogen) atoms. The van der Waals surface area contributed by atoms with E-state index in [1.165, 1.54) is 5.56 Å². The lowest BCUT2D eigenvalue weighted by molar-refractivity contribution is 0.0697. The van der Waals surface area contributed by atoms with Gasteiger partial charge in [-0.1, -0.05) is 34.1 Å². The van der Waals surface area contributed by atoms with Gasteiger partial charge in [0.05, 0.1) is 5.56 Å². The lowest BCUT2D eigenvalue weighted by atomic mass is 9.99. The molecule has 0 bridgehead atoms. The fraction of sp³-hybridized carbons (Fsp3) is 0.0952. The molecule has 0 fully saturated rings. The number of carboxylic acids is 1. The molecular formula is C21H21BrN2O2. The number of hydrogen-bond acceptors (Lipinski definition) is 3. The quantitative estimate of drug-likeness (QED) is 0.499. The molecule has 0 saturated carbocycles. The molecule has 0 amide bonds. The van der Waals surface area contributed by atoms with E-state index >= 15 is 0 Å². The zero-order chi connectivity index (χ0) is 19.3. The van der Waals surface area contributed by atoms with Gasteiger partial charge in [0.15, 0.2) is 0 Å². The largest absolute Gasteiger partial charge is 0.478 e. The third kappa shape index (κ3) is 5.10. The molecule has 3 aromatic carbocycles. The zero-order valence-electron chi connectivity index (χ0n) is 14.7. The predicted octanol–water partition coefficient (Wildman–Crippen LogP) is 5.28. The second-order valence-electron chi connectivity index (χ2n) is 5.97. The van der Waals surface area contributed by atoms with Crippen LogP contribution in [0.4, 0.5) is 11.4 Å². The Morgan fingerprint density at radius 2 is 1.38 bits per heavy atom. The highest BCUT2D eigenvalue weighted by molar-refractivity contribution is 9.10. The first-order chi connectivity index (χ1) is 12.3. The van der Waals surface area contributed by atoms with Gasteiger partial charge in [0.1, 0.15) is 0 Å². The van der Waals surface area contributed by atoms with Crippen LogP contribution in [0.3, 0.4) is 0 Å². The van der Waals surface area contributed by atoms with E-state index in [2.05, 4.69) is 15.9 Å². The summed E-state index contributed by atoms with van der Waals surface area (Å²) in [5.74, 6) is -0.912. The Morgan fingerprint density at radius 1 is 0.846 bits per heavy atom. The molecule has 0 aromatic heterocycles. The van der Waals surface area contributed by atoms with Crippen molar-refractivity contribution < 1.29 is 9.90 Å². The van der Waals surface area contributed by atoms with E-state index in [1.54, 1.807) is 12.1 Å². The first-order valence-electron chi connectivity index (χ1n) is 7.99. The van der Waals surface area contributed by atoms with Crippen molar-refractivity contribution in [2.24, 2.45) is 0 Å². The van der Waals surface area contributed by atoms with Gasteiger partial charge in [-0.2, -0.15) is 0 Å². The molecular weight excluding hydrogens is 392 g/mol. The standard InChI is InChI=1S/C14H13NO2.C7H8BrN/c1-9-8-12(15)6-7-13(9)10-2-4-11(5-3-10)14(16)17;1-5-4-6(9)2-3-7(5)8/h2-8H,15H2,1H3,(H,16,17);2-4H,9H2,1H3. The van der Waals surface area contributed by atoms with Crippen molar-refractivity contribution in [3.8, 4) is 11.1 Å². The third-order valence-corrected chi connectivity index (χ3v) is 4.77. The van der Waals surface area contributed by atoms with E-state index < -0.39 is 5.97 Å². The zero-order valence-corrected chi connectivity index (χ0v) is 16.2. The number of benzene rings is 3. The highest BCUT2D eigenvalue weighted by Crippen LogP contribution is 2.25. The number of aryl methyl sites for hydroxylation is 2. The molecule has 0 radical (unpaired) electrons. The van der Waals surface area contributed by atoms with Gasteiger partial charge in [0, 0.05) is 15.8 Å². The minimum atomic E-state index is -0.912. The third-order valence-electron chi connectivity index (χ3n) is 3.88. The van der Waals surface area contributed by atoms with Gasteiger partial charge in [-0.25, -0.2) is 4.79 Å². The molecule has 0 aliphatic carbocycles. The van der Waals surface area contributed by atoms with Gasteiger partial charge < -0.3 is 16.6 Å². The molecule has 0 heterocycles.